The number of aryl methyl sites for hydroxylation is 1. The molecule has 1 N–H and O–H groups in total. The van der Waals surface area contributed by atoms with Gasteiger partial charge in [0.15, 0.2) is 0 Å². The Morgan fingerprint density at radius 3 is 2.95 bits per heavy atom. The lowest BCUT2D eigenvalue weighted by Gasteiger charge is -2.30. The highest BCUT2D eigenvalue weighted by atomic mass is 127. The highest BCUT2D eigenvalue weighted by Crippen LogP contribution is 2.36. The van der Waals surface area contributed by atoms with E-state index in [1.54, 1.807) is 10.4 Å². The molecule has 0 aromatic carbocycles. The molecule has 0 bridgehead atoms. The molecule has 1 aromatic heterocycles. The van der Waals surface area contributed by atoms with Crippen LogP contribution in [0.1, 0.15) is 55.5 Å². The van der Waals surface area contributed by atoms with E-state index in [2.05, 4.69) is 45.8 Å². The van der Waals surface area contributed by atoms with E-state index in [1.807, 2.05) is 11.3 Å². The fraction of sp³-hybridized carbons (Fsp3) is 0.765. The fourth-order valence-corrected chi connectivity index (χ4v) is 5.84. The van der Waals surface area contributed by atoms with Crippen LogP contribution in [0.3, 0.4) is 0 Å². The zero-order valence-corrected chi connectivity index (χ0v) is 16.0. The monoisotopic (exact) mass is 418 g/mol. The van der Waals surface area contributed by atoms with Gasteiger partial charge in [-0.05, 0) is 91.9 Å². The van der Waals surface area contributed by atoms with E-state index < -0.39 is 0 Å². The summed E-state index contributed by atoms with van der Waals surface area (Å²) < 4.78 is 1.45. The Labute approximate surface area is 146 Å². The molecule has 2 aliphatic rings. The zero-order chi connectivity index (χ0) is 14.7. The molecule has 1 aliphatic heterocycles. The number of hydrogen-bond acceptors (Lipinski definition) is 3. The topological polar surface area (TPSA) is 15.3 Å². The first-order valence-corrected chi connectivity index (χ1v) is 10.4. The van der Waals surface area contributed by atoms with E-state index >= 15 is 0 Å². The molecule has 3 rings (SSSR count). The molecule has 2 atom stereocenters. The van der Waals surface area contributed by atoms with Gasteiger partial charge in [-0.15, -0.1) is 11.3 Å². The number of fused-ring (bicyclic) bond motifs is 1. The molecule has 0 saturated carbocycles. The Bertz CT molecular complexity index is 454. The van der Waals surface area contributed by atoms with Crippen LogP contribution >= 0.6 is 33.9 Å². The predicted molar refractivity (Wildman–Crippen MR) is 100 cm³/mol. The van der Waals surface area contributed by atoms with Gasteiger partial charge in [-0.3, -0.25) is 0 Å². The van der Waals surface area contributed by atoms with Crippen molar-refractivity contribution in [3.8, 4) is 0 Å². The molecule has 0 amide bonds. The van der Waals surface area contributed by atoms with Crippen LogP contribution in [-0.2, 0) is 6.42 Å². The first-order valence-electron chi connectivity index (χ1n) is 8.46. The summed E-state index contributed by atoms with van der Waals surface area (Å²) in [5.41, 5.74) is 1.60. The third-order valence-corrected chi connectivity index (χ3v) is 6.79. The summed E-state index contributed by atoms with van der Waals surface area (Å²) in [4.78, 5) is 4.29. The predicted octanol–water partition coefficient (Wildman–Crippen LogP) is 4.44. The summed E-state index contributed by atoms with van der Waals surface area (Å²) in [6.45, 7) is 7.48. The van der Waals surface area contributed by atoms with E-state index in [0.29, 0.717) is 6.04 Å². The highest BCUT2D eigenvalue weighted by molar-refractivity contribution is 14.1. The Kier molecular flexibility index (Phi) is 5.99. The van der Waals surface area contributed by atoms with Gasteiger partial charge in [-0.1, -0.05) is 13.3 Å². The summed E-state index contributed by atoms with van der Waals surface area (Å²) in [5.74, 6) is 0.756. The number of hydrogen-bond donors (Lipinski definition) is 1. The van der Waals surface area contributed by atoms with Gasteiger partial charge in [-0.25, -0.2) is 0 Å². The van der Waals surface area contributed by atoms with Gasteiger partial charge >= 0.3 is 0 Å². The second-order valence-electron chi connectivity index (χ2n) is 6.75. The fourth-order valence-electron chi connectivity index (χ4n) is 3.72. The molecule has 118 valence electrons. The number of thiophene rings is 1. The van der Waals surface area contributed by atoms with Crippen LogP contribution in [0.5, 0.6) is 0 Å². The van der Waals surface area contributed by atoms with Gasteiger partial charge in [0.1, 0.15) is 0 Å². The molecule has 2 unspecified atom stereocenters. The maximum atomic E-state index is 3.86. The first kappa shape index (κ1) is 16.2. The van der Waals surface area contributed by atoms with Gasteiger partial charge in [0.2, 0.25) is 0 Å². The second kappa shape index (κ2) is 7.75. The lowest BCUT2D eigenvalue weighted by atomic mass is 9.93. The van der Waals surface area contributed by atoms with Gasteiger partial charge in [-0.2, -0.15) is 0 Å². The zero-order valence-electron chi connectivity index (χ0n) is 13.0. The second-order valence-corrected chi connectivity index (χ2v) is 9.78. The molecular weight excluding hydrogens is 391 g/mol. The molecule has 2 nitrogen and oxygen atoms in total. The van der Waals surface area contributed by atoms with Crippen molar-refractivity contribution in [1.29, 1.82) is 0 Å². The number of nitrogens with one attached hydrogen (secondary N) is 1. The van der Waals surface area contributed by atoms with Crippen molar-refractivity contribution in [2.45, 2.75) is 51.5 Å². The Morgan fingerprint density at radius 1 is 1.33 bits per heavy atom. The van der Waals surface area contributed by atoms with E-state index in [4.69, 9.17) is 0 Å². The molecular formula is C17H27IN2S. The van der Waals surface area contributed by atoms with E-state index in [1.165, 1.54) is 61.0 Å². The molecule has 4 heteroatoms. The minimum Gasteiger partial charge on any atom is -0.310 e. The number of piperidine rings is 1. The Balaban J connectivity index is 1.48. The van der Waals surface area contributed by atoms with Crippen molar-refractivity contribution in [3.05, 3.63) is 19.4 Å². The number of halogens is 1. The maximum Gasteiger partial charge on any atom is 0.0659 e. The maximum absolute atomic E-state index is 3.86. The van der Waals surface area contributed by atoms with Crippen LogP contribution in [0, 0.1) is 8.80 Å². The van der Waals surface area contributed by atoms with Crippen molar-refractivity contribution in [3.63, 3.8) is 0 Å². The van der Waals surface area contributed by atoms with Crippen LogP contribution in [0.4, 0.5) is 0 Å². The summed E-state index contributed by atoms with van der Waals surface area (Å²) in [6.07, 6.45) is 8.20. The van der Waals surface area contributed by atoms with E-state index in [9.17, 15) is 0 Å². The lowest BCUT2D eigenvalue weighted by Crippen LogP contribution is -2.37. The average molecular weight is 418 g/mol. The van der Waals surface area contributed by atoms with Crippen LogP contribution in [0.25, 0.3) is 0 Å². The molecule has 1 aliphatic carbocycles. The van der Waals surface area contributed by atoms with Gasteiger partial charge < -0.3 is 10.2 Å². The van der Waals surface area contributed by atoms with Gasteiger partial charge in [0, 0.05) is 17.5 Å². The summed E-state index contributed by atoms with van der Waals surface area (Å²) in [7, 11) is 0. The van der Waals surface area contributed by atoms with Crippen LogP contribution in [0.15, 0.2) is 6.07 Å². The number of rotatable bonds is 5. The average Bonchev–Trinajstić information content (AvgIpc) is 2.87. The molecule has 1 saturated heterocycles. The smallest absolute Gasteiger partial charge is 0.0659 e. The lowest BCUT2D eigenvalue weighted by molar-refractivity contribution is 0.196. The van der Waals surface area contributed by atoms with Crippen LogP contribution < -0.4 is 5.32 Å². The molecule has 0 spiro atoms. The number of nitrogens with zero attached hydrogens (tertiary/aromatic N) is 1. The number of likely N-dealkylation sites (tertiary alicyclic amines) is 1. The van der Waals surface area contributed by atoms with Crippen molar-refractivity contribution in [2.24, 2.45) is 5.92 Å². The summed E-state index contributed by atoms with van der Waals surface area (Å²) in [5, 5.41) is 3.86. The van der Waals surface area contributed by atoms with Crippen molar-refractivity contribution in [1.82, 2.24) is 10.2 Å². The Hall–Kier alpha value is 0.350. The third-order valence-electron chi connectivity index (χ3n) is 4.81. The molecule has 0 radical (unpaired) electrons. The highest BCUT2D eigenvalue weighted by Gasteiger charge is 2.23. The summed E-state index contributed by atoms with van der Waals surface area (Å²) >= 11 is 4.47. The standard InChI is InChI=1S/C17H27IN2S/c1-13(12-20-8-3-2-4-9-20)11-19-15-6-5-7-16-14(15)10-17(18)21-16/h10,13,15,19H,2-9,11-12H2,1H3. The van der Waals surface area contributed by atoms with Crippen LogP contribution in [-0.4, -0.2) is 31.1 Å². The summed E-state index contributed by atoms with van der Waals surface area (Å²) in [6, 6.07) is 3.02. The third kappa shape index (κ3) is 4.43. The molecule has 21 heavy (non-hydrogen) atoms. The van der Waals surface area contributed by atoms with Gasteiger partial charge in [0.25, 0.3) is 0 Å². The minimum atomic E-state index is 0.609. The molecule has 1 fully saturated rings. The minimum absolute atomic E-state index is 0.609. The van der Waals surface area contributed by atoms with Crippen molar-refractivity contribution in [2.75, 3.05) is 26.2 Å². The van der Waals surface area contributed by atoms with E-state index in [0.717, 1.165) is 12.5 Å². The van der Waals surface area contributed by atoms with Crippen LogP contribution in [0.2, 0.25) is 0 Å². The largest absolute Gasteiger partial charge is 0.310 e. The molecule has 1 aromatic rings. The Morgan fingerprint density at radius 2 is 2.14 bits per heavy atom. The van der Waals surface area contributed by atoms with Gasteiger partial charge in [0.05, 0.1) is 2.88 Å². The van der Waals surface area contributed by atoms with E-state index in [-0.39, 0.29) is 0 Å². The SMILES string of the molecule is CC(CNC1CCCc2sc(I)cc21)CN1CCCCC1. The van der Waals surface area contributed by atoms with Crippen molar-refractivity contribution < 1.29 is 0 Å². The molecule has 2 heterocycles. The quantitative estimate of drug-likeness (QED) is 0.712. The first-order chi connectivity index (χ1) is 10.2. The van der Waals surface area contributed by atoms with Crippen molar-refractivity contribution >= 4 is 33.9 Å². The normalized spacial score (nSPS) is 24.8.